The van der Waals surface area contributed by atoms with E-state index in [9.17, 15) is 8.42 Å². The molecule has 2 rings (SSSR count). The quantitative estimate of drug-likeness (QED) is 0.777. The zero-order valence-corrected chi connectivity index (χ0v) is 9.33. The minimum absolute atomic E-state index is 0.207. The first-order valence-corrected chi connectivity index (χ1v) is 6.89. The lowest BCUT2D eigenvalue weighted by Crippen LogP contribution is -2.44. The predicted octanol–water partition coefficient (Wildman–Crippen LogP) is 1.05. The van der Waals surface area contributed by atoms with Crippen molar-refractivity contribution in [3.05, 3.63) is 35.9 Å². The summed E-state index contributed by atoms with van der Waals surface area (Å²) >= 11 is 0. The van der Waals surface area contributed by atoms with Crippen molar-refractivity contribution in [2.75, 3.05) is 11.5 Å². The Bertz CT molecular complexity index is 425. The highest BCUT2D eigenvalue weighted by molar-refractivity contribution is 7.91. The normalized spacial score (nSPS) is 23.5. The van der Waals surface area contributed by atoms with E-state index in [0.717, 1.165) is 5.56 Å². The van der Waals surface area contributed by atoms with E-state index < -0.39 is 15.4 Å². The monoisotopic (exact) mass is 225 g/mol. The maximum atomic E-state index is 11.3. The largest absolute Gasteiger partial charge is 0.321 e. The third kappa shape index (κ3) is 2.21. The molecule has 1 aromatic carbocycles. The molecule has 1 aliphatic rings. The molecule has 0 aromatic heterocycles. The van der Waals surface area contributed by atoms with Crippen LogP contribution < -0.4 is 5.73 Å². The highest BCUT2D eigenvalue weighted by atomic mass is 32.2. The van der Waals surface area contributed by atoms with E-state index in [2.05, 4.69) is 0 Å². The van der Waals surface area contributed by atoms with Crippen molar-refractivity contribution in [3.63, 3.8) is 0 Å². The van der Waals surface area contributed by atoms with Gasteiger partial charge in [0, 0.05) is 5.54 Å². The summed E-state index contributed by atoms with van der Waals surface area (Å²) in [4.78, 5) is 0. The van der Waals surface area contributed by atoms with Crippen LogP contribution in [-0.2, 0) is 15.4 Å². The van der Waals surface area contributed by atoms with E-state index in [0.29, 0.717) is 12.8 Å². The Kier molecular flexibility index (Phi) is 2.56. The summed E-state index contributed by atoms with van der Waals surface area (Å²) in [5.41, 5.74) is 6.83. The lowest BCUT2D eigenvalue weighted by molar-refractivity contribution is 0.396. The van der Waals surface area contributed by atoms with Crippen LogP contribution in [0.15, 0.2) is 30.3 Å². The molecule has 1 saturated heterocycles. The second-order valence-electron chi connectivity index (χ2n) is 4.17. The minimum Gasteiger partial charge on any atom is -0.321 e. The molecule has 1 aromatic rings. The number of hydrogen-bond acceptors (Lipinski definition) is 3. The first-order chi connectivity index (χ1) is 7.02. The molecule has 0 atom stereocenters. The van der Waals surface area contributed by atoms with Crippen LogP contribution in [-0.4, -0.2) is 19.9 Å². The van der Waals surface area contributed by atoms with Crippen LogP contribution in [0.4, 0.5) is 0 Å². The number of rotatable bonds is 1. The Morgan fingerprint density at radius 1 is 1.07 bits per heavy atom. The van der Waals surface area contributed by atoms with Crippen molar-refractivity contribution in [1.29, 1.82) is 0 Å². The van der Waals surface area contributed by atoms with Gasteiger partial charge in [-0.15, -0.1) is 0 Å². The second-order valence-corrected chi connectivity index (χ2v) is 6.48. The van der Waals surface area contributed by atoms with E-state index in [1.807, 2.05) is 30.3 Å². The Hall–Kier alpha value is -0.870. The molecule has 0 saturated carbocycles. The third-order valence-corrected chi connectivity index (χ3v) is 4.72. The van der Waals surface area contributed by atoms with Crippen molar-refractivity contribution in [1.82, 2.24) is 0 Å². The van der Waals surface area contributed by atoms with Crippen molar-refractivity contribution in [2.24, 2.45) is 5.73 Å². The number of hydrogen-bond donors (Lipinski definition) is 1. The first-order valence-electron chi connectivity index (χ1n) is 5.07. The maximum Gasteiger partial charge on any atom is 0.150 e. The summed E-state index contributed by atoms with van der Waals surface area (Å²) in [5.74, 6) is 0.413. The van der Waals surface area contributed by atoms with Crippen molar-refractivity contribution in [2.45, 2.75) is 18.4 Å². The Morgan fingerprint density at radius 2 is 1.60 bits per heavy atom. The van der Waals surface area contributed by atoms with E-state index in [1.165, 1.54) is 0 Å². The van der Waals surface area contributed by atoms with Crippen molar-refractivity contribution >= 4 is 9.84 Å². The predicted molar refractivity (Wildman–Crippen MR) is 60.2 cm³/mol. The third-order valence-electron chi connectivity index (χ3n) is 3.07. The summed E-state index contributed by atoms with van der Waals surface area (Å²) in [7, 11) is -2.84. The van der Waals surface area contributed by atoms with Gasteiger partial charge in [-0.3, -0.25) is 0 Å². The van der Waals surface area contributed by atoms with Gasteiger partial charge in [0.05, 0.1) is 11.5 Å². The molecule has 0 spiro atoms. The van der Waals surface area contributed by atoms with Crippen molar-refractivity contribution in [3.8, 4) is 0 Å². The molecule has 15 heavy (non-hydrogen) atoms. The maximum absolute atomic E-state index is 11.3. The molecule has 4 heteroatoms. The molecule has 0 amide bonds. The molecule has 0 aliphatic carbocycles. The van der Waals surface area contributed by atoms with Gasteiger partial charge in [-0.1, -0.05) is 30.3 Å². The van der Waals surface area contributed by atoms with Crippen LogP contribution in [0.3, 0.4) is 0 Å². The van der Waals surface area contributed by atoms with E-state index in [1.54, 1.807) is 0 Å². The molecule has 1 heterocycles. The first kappa shape index (κ1) is 10.6. The van der Waals surface area contributed by atoms with Crippen LogP contribution >= 0.6 is 0 Å². The van der Waals surface area contributed by atoms with Crippen LogP contribution in [0.2, 0.25) is 0 Å². The molecule has 1 fully saturated rings. The molecule has 82 valence electrons. The number of sulfone groups is 1. The van der Waals surface area contributed by atoms with E-state index >= 15 is 0 Å². The Balaban J connectivity index is 2.24. The molecule has 3 nitrogen and oxygen atoms in total. The number of nitrogens with two attached hydrogens (primary N) is 1. The van der Waals surface area contributed by atoms with Crippen LogP contribution in [0, 0.1) is 0 Å². The average molecular weight is 225 g/mol. The minimum atomic E-state index is -2.84. The van der Waals surface area contributed by atoms with Gasteiger partial charge >= 0.3 is 0 Å². The summed E-state index contributed by atoms with van der Waals surface area (Å²) in [5, 5.41) is 0. The summed E-state index contributed by atoms with van der Waals surface area (Å²) in [6.07, 6.45) is 1.05. The average Bonchev–Trinajstić information content (AvgIpc) is 2.24. The highest BCUT2D eigenvalue weighted by Gasteiger charge is 2.34. The highest BCUT2D eigenvalue weighted by Crippen LogP contribution is 2.30. The van der Waals surface area contributed by atoms with Gasteiger partial charge in [0.1, 0.15) is 9.84 Å². The lowest BCUT2D eigenvalue weighted by atomic mass is 9.85. The van der Waals surface area contributed by atoms with Gasteiger partial charge < -0.3 is 5.73 Å². The van der Waals surface area contributed by atoms with Gasteiger partial charge in [0.2, 0.25) is 0 Å². The summed E-state index contributed by atoms with van der Waals surface area (Å²) < 4.78 is 22.6. The van der Waals surface area contributed by atoms with Crippen LogP contribution in [0.1, 0.15) is 18.4 Å². The molecule has 0 bridgehead atoms. The number of benzene rings is 1. The molecule has 0 radical (unpaired) electrons. The van der Waals surface area contributed by atoms with E-state index in [4.69, 9.17) is 5.73 Å². The fourth-order valence-electron chi connectivity index (χ4n) is 1.96. The Morgan fingerprint density at radius 3 is 2.13 bits per heavy atom. The fraction of sp³-hybridized carbons (Fsp3) is 0.455. The SMILES string of the molecule is NC1(c2ccccc2)CCS(=O)(=O)CC1. The molecule has 2 N–H and O–H groups in total. The molecular formula is C11H15NO2S. The van der Waals surface area contributed by atoms with Gasteiger partial charge in [-0.2, -0.15) is 0 Å². The van der Waals surface area contributed by atoms with Gasteiger partial charge in [-0.05, 0) is 18.4 Å². The lowest BCUT2D eigenvalue weighted by Gasteiger charge is -2.33. The topological polar surface area (TPSA) is 60.2 Å². The van der Waals surface area contributed by atoms with Crippen LogP contribution in [0.5, 0.6) is 0 Å². The summed E-state index contributed by atoms with van der Waals surface area (Å²) in [6, 6.07) is 9.75. The zero-order chi connectivity index (χ0) is 10.9. The second kappa shape index (κ2) is 3.61. The molecule has 1 aliphatic heterocycles. The Labute approximate surface area is 90.2 Å². The smallest absolute Gasteiger partial charge is 0.150 e. The molecule has 0 unspecified atom stereocenters. The van der Waals surface area contributed by atoms with Crippen LogP contribution in [0.25, 0.3) is 0 Å². The summed E-state index contributed by atoms with van der Waals surface area (Å²) in [6.45, 7) is 0. The van der Waals surface area contributed by atoms with Gasteiger partial charge in [0.25, 0.3) is 0 Å². The molecular weight excluding hydrogens is 210 g/mol. The van der Waals surface area contributed by atoms with Gasteiger partial charge in [0.15, 0.2) is 0 Å². The van der Waals surface area contributed by atoms with E-state index in [-0.39, 0.29) is 11.5 Å². The zero-order valence-electron chi connectivity index (χ0n) is 8.52. The fourth-order valence-corrected chi connectivity index (χ4v) is 3.52. The van der Waals surface area contributed by atoms with Gasteiger partial charge in [-0.25, -0.2) is 8.42 Å². The van der Waals surface area contributed by atoms with Crippen molar-refractivity contribution < 1.29 is 8.42 Å². The standard InChI is InChI=1S/C11H15NO2S/c12-11(10-4-2-1-3-5-10)6-8-15(13,14)9-7-11/h1-5H,6-9,12H2.